The first-order valence-electron chi connectivity index (χ1n) is 14.1. The van der Waals surface area contributed by atoms with E-state index < -0.39 is 6.10 Å². The van der Waals surface area contributed by atoms with E-state index in [2.05, 4.69) is 38.5 Å². The number of amides is 1. The first-order valence-corrected chi connectivity index (χ1v) is 14.1. The Morgan fingerprint density at radius 1 is 1.31 bits per heavy atom. The molecule has 1 amide bonds. The third-order valence-corrected chi connectivity index (χ3v) is 8.69. The number of carbonyl (C=O) groups excluding carboxylic acids is 1. The van der Waals surface area contributed by atoms with Gasteiger partial charge in [-0.05, 0) is 72.9 Å². The highest BCUT2D eigenvalue weighted by molar-refractivity contribution is 5.94. The number of oxazole rings is 1. The van der Waals surface area contributed by atoms with Gasteiger partial charge in [-0.1, -0.05) is 18.9 Å². The summed E-state index contributed by atoms with van der Waals surface area (Å²) in [6.45, 7) is 4.73. The Hall–Kier alpha value is -3.43. The molecule has 2 aliphatic carbocycles. The lowest BCUT2D eigenvalue weighted by atomic mass is 9.71. The van der Waals surface area contributed by atoms with Crippen LogP contribution in [0.5, 0.6) is 5.75 Å². The summed E-state index contributed by atoms with van der Waals surface area (Å²) in [6.07, 6.45) is 10.1. The van der Waals surface area contributed by atoms with Gasteiger partial charge in [0.15, 0.2) is 12.2 Å². The molecule has 3 aromatic rings. The molecule has 1 aromatic carbocycles. The number of nitrogens with one attached hydrogen (secondary N) is 2. The molecule has 206 valence electrons. The Balaban J connectivity index is 0.971. The first kappa shape index (κ1) is 25.8. The molecule has 3 heterocycles. The van der Waals surface area contributed by atoms with Crippen LogP contribution in [0, 0.1) is 18.8 Å². The SMILES string of the molecule is Cc1c(OCc2cnco2)ccc2c1CCN(CC(O)CNC(=O)c1ccnc(NC3CC4CCCC43)c1)C2. The predicted octanol–water partition coefficient (Wildman–Crippen LogP) is 3.71. The number of nitrogens with zero attached hydrogens (tertiary/aromatic N) is 3. The Bertz CT molecular complexity index is 1300. The molecule has 0 radical (unpaired) electrons. The third-order valence-electron chi connectivity index (χ3n) is 8.69. The molecule has 2 fully saturated rings. The van der Waals surface area contributed by atoms with Gasteiger partial charge in [0.25, 0.3) is 5.91 Å². The zero-order valence-corrected chi connectivity index (χ0v) is 22.4. The molecule has 3 N–H and O–H groups in total. The van der Waals surface area contributed by atoms with Crippen LogP contribution in [0.3, 0.4) is 0 Å². The average Bonchev–Trinajstić information content (AvgIpc) is 3.60. The van der Waals surface area contributed by atoms with Crippen LogP contribution in [0.4, 0.5) is 5.82 Å². The zero-order valence-electron chi connectivity index (χ0n) is 22.4. The molecule has 0 saturated heterocycles. The minimum Gasteiger partial charge on any atom is -0.485 e. The van der Waals surface area contributed by atoms with Crippen molar-refractivity contribution in [3.05, 3.63) is 71.1 Å². The fourth-order valence-corrected chi connectivity index (χ4v) is 6.53. The lowest BCUT2D eigenvalue weighted by Crippen LogP contribution is -2.43. The summed E-state index contributed by atoms with van der Waals surface area (Å²) < 4.78 is 11.2. The number of fused-ring (bicyclic) bond motifs is 2. The second kappa shape index (κ2) is 11.4. The van der Waals surface area contributed by atoms with Gasteiger partial charge in [0.2, 0.25) is 0 Å². The lowest BCUT2D eigenvalue weighted by Gasteiger charge is -2.41. The van der Waals surface area contributed by atoms with Crippen molar-refractivity contribution in [2.24, 2.45) is 11.8 Å². The van der Waals surface area contributed by atoms with Crippen LogP contribution in [0.15, 0.2) is 47.5 Å². The molecule has 0 spiro atoms. The maximum atomic E-state index is 12.8. The normalized spacial score (nSPS) is 22.9. The van der Waals surface area contributed by atoms with Gasteiger partial charge in [-0.2, -0.15) is 0 Å². The summed E-state index contributed by atoms with van der Waals surface area (Å²) in [6, 6.07) is 8.11. The molecular weight excluding hydrogens is 494 g/mol. The van der Waals surface area contributed by atoms with Gasteiger partial charge >= 0.3 is 0 Å². The molecule has 6 rings (SSSR count). The number of anilines is 1. The van der Waals surface area contributed by atoms with E-state index in [1.54, 1.807) is 18.5 Å². The van der Waals surface area contributed by atoms with Crippen LogP contribution in [0.1, 0.15) is 58.5 Å². The quantitative estimate of drug-likeness (QED) is 0.363. The number of aromatic nitrogens is 2. The molecule has 1 aliphatic heterocycles. The van der Waals surface area contributed by atoms with Gasteiger partial charge in [-0.3, -0.25) is 9.69 Å². The molecule has 4 atom stereocenters. The predicted molar refractivity (Wildman–Crippen MR) is 146 cm³/mol. The Morgan fingerprint density at radius 2 is 2.23 bits per heavy atom. The number of aliphatic hydroxyl groups excluding tert-OH is 1. The van der Waals surface area contributed by atoms with E-state index in [0.717, 1.165) is 48.5 Å². The van der Waals surface area contributed by atoms with Crippen molar-refractivity contribution >= 4 is 11.7 Å². The number of hydrogen-bond donors (Lipinski definition) is 3. The highest BCUT2D eigenvalue weighted by atomic mass is 16.5. The van der Waals surface area contributed by atoms with Crippen molar-refractivity contribution in [1.29, 1.82) is 0 Å². The van der Waals surface area contributed by atoms with Crippen molar-refractivity contribution in [3.8, 4) is 5.75 Å². The number of β-amino-alcohol motifs (C(OH)–C–C–N with tert-alkyl or cyclic N) is 1. The van der Waals surface area contributed by atoms with Gasteiger partial charge in [-0.25, -0.2) is 9.97 Å². The van der Waals surface area contributed by atoms with E-state index in [9.17, 15) is 9.90 Å². The second-order valence-corrected chi connectivity index (χ2v) is 11.2. The molecule has 3 aliphatic rings. The van der Waals surface area contributed by atoms with Crippen LogP contribution < -0.4 is 15.4 Å². The summed E-state index contributed by atoms with van der Waals surface area (Å²) in [5.74, 6) is 3.74. The van der Waals surface area contributed by atoms with Gasteiger partial charge in [0, 0.05) is 44.0 Å². The largest absolute Gasteiger partial charge is 0.485 e. The second-order valence-electron chi connectivity index (χ2n) is 11.2. The minimum atomic E-state index is -0.658. The maximum Gasteiger partial charge on any atom is 0.251 e. The van der Waals surface area contributed by atoms with Crippen molar-refractivity contribution in [1.82, 2.24) is 20.2 Å². The fourth-order valence-electron chi connectivity index (χ4n) is 6.53. The van der Waals surface area contributed by atoms with Crippen molar-refractivity contribution in [2.75, 3.05) is 25.0 Å². The van der Waals surface area contributed by atoms with E-state index in [4.69, 9.17) is 9.15 Å². The molecule has 4 unspecified atom stereocenters. The van der Waals surface area contributed by atoms with Crippen molar-refractivity contribution < 1.29 is 19.1 Å². The number of pyridine rings is 1. The molecule has 9 nitrogen and oxygen atoms in total. The van der Waals surface area contributed by atoms with E-state index in [-0.39, 0.29) is 12.5 Å². The van der Waals surface area contributed by atoms with Gasteiger partial charge in [0.05, 0.1) is 12.3 Å². The van der Waals surface area contributed by atoms with Crippen LogP contribution >= 0.6 is 0 Å². The van der Waals surface area contributed by atoms with Crippen molar-refractivity contribution in [2.45, 2.75) is 64.3 Å². The van der Waals surface area contributed by atoms with Gasteiger partial charge < -0.3 is 24.9 Å². The monoisotopic (exact) mass is 531 g/mol. The maximum absolute atomic E-state index is 12.8. The van der Waals surface area contributed by atoms with Crippen LogP contribution in [-0.4, -0.2) is 57.7 Å². The summed E-state index contributed by atoms with van der Waals surface area (Å²) in [7, 11) is 0. The summed E-state index contributed by atoms with van der Waals surface area (Å²) in [4.78, 5) is 23.4. The molecule has 39 heavy (non-hydrogen) atoms. The van der Waals surface area contributed by atoms with Crippen molar-refractivity contribution in [3.63, 3.8) is 0 Å². The Morgan fingerprint density at radius 3 is 3.08 bits per heavy atom. The van der Waals surface area contributed by atoms with Gasteiger partial charge in [-0.15, -0.1) is 0 Å². The van der Waals surface area contributed by atoms with Crippen LogP contribution in [0.25, 0.3) is 0 Å². The Labute approximate surface area is 229 Å². The number of benzene rings is 1. The van der Waals surface area contributed by atoms with E-state index in [0.29, 0.717) is 30.5 Å². The smallest absolute Gasteiger partial charge is 0.251 e. The number of ether oxygens (including phenoxy) is 1. The standard InChI is InChI=1S/C30H37N5O4/c1-19-25-8-10-35(15-22(25)5-6-28(19)38-17-24-14-31-18-39-24)16-23(36)13-33-30(37)21-7-9-32-29(12-21)34-27-11-20-3-2-4-26(20)27/h5-7,9,12,14,18,20,23,26-27,36H,2-4,8,10-11,13,15-17H2,1H3,(H,32,34)(H,33,37). The number of aliphatic hydroxyl groups is 1. The fraction of sp³-hybridized carbons (Fsp3) is 0.500. The topological polar surface area (TPSA) is 113 Å². The minimum absolute atomic E-state index is 0.190. The highest BCUT2D eigenvalue weighted by Gasteiger charge is 2.43. The van der Waals surface area contributed by atoms with E-state index in [1.807, 2.05) is 12.1 Å². The van der Waals surface area contributed by atoms with Crippen LogP contribution in [0.2, 0.25) is 0 Å². The third kappa shape index (κ3) is 5.79. The van der Waals surface area contributed by atoms with E-state index >= 15 is 0 Å². The number of rotatable bonds is 10. The number of carbonyl (C=O) groups is 1. The summed E-state index contributed by atoms with van der Waals surface area (Å²) in [5.41, 5.74) is 4.25. The molecular formula is C30H37N5O4. The number of hydrogen-bond acceptors (Lipinski definition) is 8. The van der Waals surface area contributed by atoms with E-state index in [1.165, 1.54) is 43.2 Å². The Kier molecular flexibility index (Phi) is 7.52. The molecule has 9 heteroatoms. The zero-order chi connectivity index (χ0) is 26.8. The summed E-state index contributed by atoms with van der Waals surface area (Å²) >= 11 is 0. The molecule has 0 bridgehead atoms. The highest BCUT2D eigenvalue weighted by Crippen LogP contribution is 2.47. The first-order chi connectivity index (χ1) is 19.0. The molecule has 2 aromatic heterocycles. The lowest BCUT2D eigenvalue weighted by molar-refractivity contribution is 0.0841. The van der Waals surface area contributed by atoms with Crippen LogP contribution in [-0.2, 0) is 19.6 Å². The van der Waals surface area contributed by atoms with Gasteiger partial charge in [0.1, 0.15) is 18.2 Å². The molecule has 2 saturated carbocycles. The average molecular weight is 532 g/mol. The summed E-state index contributed by atoms with van der Waals surface area (Å²) in [5, 5.41) is 17.1.